The molecule has 0 unspecified atom stereocenters. The van der Waals surface area contributed by atoms with Gasteiger partial charge < -0.3 is 0 Å². The van der Waals surface area contributed by atoms with Crippen molar-refractivity contribution < 1.29 is 0 Å². The molecule has 0 spiro atoms. The van der Waals surface area contributed by atoms with E-state index in [0.29, 0.717) is 0 Å². The fourth-order valence-electron chi connectivity index (χ4n) is 3.51. The molecule has 0 aromatic heterocycles. The lowest BCUT2D eigenvalue weighted by atomic mass is 9.81. The van der Waals surface area contributed by atoms with Gasteiger partial charge >= 0.3 is 0 Å². The molecule has 0 saturated heterocycles. The van der Waals surface area contributed by atoms with Crippen LogP contribution in [0.2, 0.25) is 0 Å². The number of hydrogen-bond acceptors (Lipinski definition) is 0. The molecule has 0 fully saturated rings. The summed E-state index contributed by atoms with van der Waals surface area (Å²) < 4.78 is 0. The third-order valence-corrected chi connectivity index (χ3v) is 4.69. The normalized spacial score (nSPS) is 13.6. The average Bonchev–Trinajstić information content (AvgIpc) is 2.85. The number of benzene rings is 3. The van der Waals surface area contributed by atoms with Crippen LogP contribution in [0.15, 0.2) is 72.8 Å². The zero-order valence-corrected chi connectivity index (χ0v) is 16.0. The number of alkyl halides is 1. The monoisotopic (exact) mass is 412 g/mol. The molecule has 0 N–H and O–H groups in total. The van der Waals surface area contributed by atoms with Crippen molar-refractivity contribution in [1.82, 2.24) is 0 Å². The molecule has 0 amide bonds. The lowest BCUT2D eigenvalue weighted by Crippen LogP contribution is -2.14. The fourth-order valence-corrected chi connectivity index (χ4v) is 3.51. The number of hydrogen-bond donors (Lipinski definition) is 0. The maximum absolute atomic E-state index is 2.37. The van der Waals surface area contributed by atoms with Crippen LogP contribution in [0.5, 0.6) is 0 Å². The maximum atomic E-state index is 2.37. The highest BCUT2D eigenvalue weighted by Gasteiger charge is 2.35. The number of fused-ring (bicyclic) bond motifs is 3. The van der Waals surface area contributed by atoms with Crippen LogP contribution in [0.3, 0.4) is 0 Å². The van der Waals surface area contributed by atoms with Crippen LogP contribution >= 0.6 is 22.6 Å². The minimum Gasteiger partial charge on any atom is -0.0901 e. The second-order valence-corrected chi connectivity index (χ2v) is 6.30. The minimum absolute atomic E-state index is 0.0801. The molecule has 0 radical (unpaired) electrons. The smallest absolute Gasteiger partial charge is 0.0159 e. The van der Waals surface area contributed by atoms with Crippen molar-refractivity contribution in [2.45, 2.75) is 19.3 Å². The fraction of sp³-hybridized carbons (Fsp3) is 0.182. The Hall–Kier alpha value is -1.61. The summed E-state index contributed by atoms with van der Waals surface area (Å²) in [7, 11) is 0. The summed E-state index contributed by atoms with van der Waals surface area (Å²) in [6.07, 6.45) is 0. The molecule has 1 aliphatic rings. The second-order valence-electron chi connectivity index (χ2n) is 6.30. The van der Waals surface area contributed by atoms with Crippen molar-refractivity contribution in [3.8, 4) is 22.3 Å². The SMILES string of the molecule is CC1(C)c2ccccc2-c2ccc(-c3ccccc3)cc21.CI. The molecule has 23 heavy (non-hydrogen) atoms. The van der Waals surface area contributed by atoms with E-state index in [-0.39, 0.29) is 5.41 Å². The van der Waals surface area contributed by atoms with E-state index in [9.17, 15) is 0 Å². The highest BCUT2D eigenvalue weighted by Crippen LogP contribution is 2.49. The van der Waals surface area contributed by atoms with Gasteiger partial charge in [0.1, 0.15) is 0 Å². The lowest BCUT2D eigenvalue weighted by Gasteiger charge is -2.22. The van der Waals surface area contributed by atoms with Gasteiger partial charge in [-0.15, -0.1) is 0 Å². The molecule has 0 bridgehead atoms. The predicted octanol–water partition coefficient (Wildman–Crippen LogP) is 6.71. The van der Waals surface area contributed by atoms with Gasteiger partial charge in [0.05, 0.1) is 0 Å². The first kappa shape index (κ1) is 16.3. The predicted molar refractivity (Wildman–Crippen MR) is 109 cm³/mol. The molecule has 0 atom stereocenters. The standard InChI is InChI=1S/C21H18.CH3I/c1-21(2)19-11-7-6-10-17(19)18-13-12-16(14-20(18)21)15-8-4-3-5-9-15;1-2/h3-14H,1-2H3;1H3. The van der Waals surface area contributed by atoms with Crippen LogP contribution in [0.4, 0.5) is 0 Å². The molecule has 116 valence electrons. The molecule has 4 rings (SSSR count). The summed E-state index contributed by atoms with van der Waals surface area (Å²) in [5, 5.41) is 0. The topological polar surface area (TPSA) is 0 Å². The third kappa shape index (κ3) is 2.72. The van der Waals surface area contributed by atoms with Crippen molar-refractivity contribution in [3.63, 3.8) is 0 Å². The van der Waals surface area contributed by atoms with Crippen molar-refractivity contribution in [1.29, 1.82) is 0 Å². The first-order chi connectivity index (χ1) is 11.2. The van der Waals surface area contributed by atoms with Gasteiger partial charge in [-0.25, -0.2) is 0 Å². The van der Waals surface area contributed by atoms with Gasteiger partial charge in [-0.2, -0.15) is 0 Å². The van der Waals surface area contributed by atoms with E-state index >= 15 is 0 Å². The Bertz CT molecular complexity index is 816. The van der Waals surface area contributed by atoms with Crippen molar-refractivity contribution >= 4 is 22.6 Å². The second kappa shape index (κ2) is 6.48. The Balaban J connectivity index is 0.000000753. The van der Waals surface area contributed by atoms with Gasteiger partial charge in [-0.1, -0.05) is 103 Å². The Morgan fingerprint density at radius 3 is 1.96 bits per heavy atom. The first-order valence-electron chi connectivity index (χ1n) is 7.85. The summed E-state index contributed by atoms with van der Waals surface area (Å²) in [4.78, 5) is 1.97. The molecule has 0 nitrogen and oxygen atoms in total. The highest BCUT2D eigenvalue weighted by atomic mass is 127. The Kier molecular flexibility index (Phi) is 4.58. The van der Waals surface area contributed by atoms with Crippen molar-refractivity contribution in [2.24, 2.45) is 0 Å². The van der Waals surface area contributed by atoms with Crippen LogP contribution in [0, 0.1) is 0 Å². The van der Waals surface area contributed by atoms with Crippen LogP contribution < -0.4 is 0 Å². The van der Waals surface area contributed by atoms with E-state index in [1.165, 1.54) is 33.4 Å². The van der Waals surface area contributed by atoms with Gasteiger partial charge in [0.2, 0.25) is 0 Å². The summed E-state index contributed by atoms with van der Waals surface area (Å²) in [6, 6.07) is 26.3. The highest BCUT2D eigenvalue weighted by molar-refractivity contribution is 14.1. The Morgan fingerprint density at radius 2 is 1.22 bits per heavy atom. The number of rotatable bonds is 1. The van der Waals surface area contributed by atoms with E-state index in [1.54, 1.807) is 0 Å². The molecule has 3 aromatic rings. The van der Waals surface area contributed by atoms with Gasteiger partial charge in [-0.3, -0.25) is 0 Å². The average molecular weight is 412 g/mol. The van der Waals surface area contributed by atoms with Crippen molar-refractivity contribution in [3.05, 3.63) is 83.9 Å². The largest absolute Gasteiger partial charge is 0.0901 e. The van der Waals surface area contributed by atoms with Gasteiger partial charge in [0, 0.05) is 5.41 Å². The molecule has 1 heteroatoms. The van der Waals surface area contributed by atoms with Crippen LogP contribution in [-0.4, -0.2) is 4.93 Å². The minimum atomic E-state index is 0.0801. The molecule has 3 aromatic carbocycles. The summed E-state index contributed by atoms with van der Waals surface area (Å²) in [5.41, 5.74) is 8.31. The Morgan fingerprint density at radius 1 is 0.609 bits per heavy atom. The van der Waals surface area contributed by atoms with Crippen LogP contribution in [-0.2, 0) is 5.41 Å². The van der Waals surface area contributed by atoms with E-state index in [0.717, 1.165) is 0 Å². The first-order valence-corrected chi connectivity index (χ1v) is 10.0. The van der Waals surface area contributed by atoms with Crippen LogP contribution in [0.1, 0.15) is 25.0 Å². The molecule has 0 heterocycles. The zero-order chi connectivity index (χ0) is 16.4. The molecular weight excluding hydrogens is 391 g/mol. The number of halogens is 1. The van der Waals surface area contributed by atoms with E-state index in [1.807, 2.05) is 4.93 Å². The summed E-state index contributed by atoms with van der Waals surface area (Å²) >= 11 is 2.15. The zero-order valence-electron chi connectivity index (χ0n) is 13.8. The third-order valence-electron chi connectivity index (χ3n) is 4.69. The van der Waals surface area contributed by atoms with E-state index in [4.69, 9.17) is 0 Å². The van der Waals surface area contributed by atoms with Crippen molar-refractivity contribution in [2.75, 3.05) is 4.93 Å². The van der Waals surface area contributed by atoms with Crippen LogP contribution in [0.25, 0.3) is 22.3 Å². The lowest BCUT2D eigenvalue weighted by molar-refractivity contribution is 0.660. The summed E-state index contributed by atoms with van der Waals surface area (Å²) in [6.45, 7) is 4.65. The van der Waals surface area contributed by atoms with E-state index < -0.39 is 0 Å². The van der Waals surface area contributed by atoms with E-state index in [2.05, 4.69) is 109 Å². The quantitative estimate of drug-likeness (QED) is 0.308. The molecular formula is C22H21I. The molecule has 0 saturated carbocycles. The van der Waals surface area contributed by atoms with Gasteiger partial charge in [0.15, 0.2) is 0 Å². The maximum Gasteiger partial charge on any atom is 0.0159 e. The molecule has 0 aliphatic heterocycles. The summed E-state index contributed by atoms with van der Waals surface area (Å²) in [5.74, 6) is 0. The van der Waals surface area contributed by atoms with Gasteiger partial charge in [-0.05, 0) is 44.4 Å². The molecule has 1 aliphatic carbocycles. The van der Waals surface area contributed by atoms with Gasteiger partial charge in [0.25, 0.3) is 0 Å². The Labute approximate surface area is 152 Å².